The highest BCUT2D eigenvalue weighted by Gasteiger charge is 2.09. The van der Waals surface area contributed by atoms with Gasteiger partial charge in [-0.1, -0.05) is 27.5 Å². The average Bonchev–Trinajstić information content (AvgIpc) is 2.47. The summed E-state index contributed by atoms with van der Waals surface area (Å²) in [5, 5.41) is 4.08. The van der Waals surface area contributed by atoms with Crippen LogP contribution in [0.15, 0.2) is 51.7 Å². The molecule has 0 fully saturated rings. The van der Waals surface area contributed by atoms with E-state index in [0.717, 1.165) is 14.8 Å². The van der Waals surface area contributed by atoms with E-state index in [0.29, 0.717) is 15.9 Å². The molecule has 3 aromatic rings. The minimum Gasteiger partial charge on any atom is -0.333 e. The van der Waals surface area contributed by atoms with Crippen LogP contribution in [0.4, 0.5) is 11.6 Å². The van der Waals surface area contributed by atoms with E-state index in [1.807, 2.05) is 6.07 Å². The van der Waals surface area contributed by atoms with Crippen molar-refractivity contribution in [3.05, 3.63) is 62.3 Å². The van der Waals surface area contributed by atoms with Crippen molar-refractivity contribution in [3.63, 3.8) is 0 Å². The van der Waals surface area contributed by atoms with Crippen LogP contribution in [0.5, 0.6) is 0 Å². The normalized spacial score (nSPS) is 10.8. The highest BCUT2D eigenvalue weighted by molar-refractivity contribution is 9.10. The molecule has 0 saturated heterocycles. The van der Waals surface area contributed by atoms with E-state index in [1.54, 1.807) is 36.4 Å². The fraction of sp³-hybridized carbons (Fsp3) is 0. The highest BCUT2D eigenvalue weighted by Crippen LogP contribution is 2.19. The van der Waals surface area contributed by atoms with Crippen molar-refractivity contribution >= 4 is 50.1 Å². The molecule has 0 bridgehead atoms. The maximum Gasteiger partial charge on any atom is 0.281 e. The van der Waals surface area contributed by atoms with E-state index in [2.05, 4.69) is 26.2 Å². The summed E-state index contributed by atoms with van der Waals surface area (Å²) in [5.74, 6) is 6.08. The van der Waals surface area contributed by atoms with Gasteiger partial charge in [-0.05, 0) is 42.5 Å². The smallest absolute Gasteiger partial charge is 0.281 e. The van der Waals surface area contributed by atoms with Crippen LogP contribution in [0.1, 0.15) is 0 Å². The number of benzene rings is 2. The third-order valence-electron chi connectivity index (χ3n) is 2.96. The zero-order chi connectivity index (χ0) is 15.0. The second-order valence-corrected chi connectivity index (χ2v) is 5.76. The lowest BCUT2D eigenvalue weighted by atomic mass is 10.2. The molecule has 0 aliphatic heterocycles. The molecule has 0 saturated carbocycles. The van der Waals surface area contributed by atoms with Gasteiger partial charge in [0.2, 0.25) is 5.95 Å². The first kappa shape index (κ1) is 13.9. The summed E-state index contributed by atoms with van der Waals surface area (Å²) in [7, 11) is 0. The predicted octanol–water partition coefficient (Wildman–Crippen LogP) is 3.27. The molecular formula is C14H10BrClN4O. The fourth-order valence-corrected chi connectivity index (χ4v) is 2.41. The summed E-state index contributed by atoms with van der Waals surface area (Å²) < 4.78 is 1.79. The van der Waals surface area contributed by atoms with Gasteiger partial charge in [-0.3, -0.25) is 4.79 Å². The predicted molar refractivity (Wildman–Crippen MR) is 88.6 cm³/mol. The summed E-state index contributed by atoms with van der Waals surface area (Å²) in [6, 6.07) is 12.3. The standard InChI is InChI=1S/C14H10BrClN4O/c15-8-1-6-12-11(7-8)13(21)20(17)14(19-12)18-10-4-2-9(16)3-5-10/h1-7H,17H2,(H,18,19). The number of fused-ring (bicyclic) bond motifs is 1. The Morgan fingerprint density at radius 1 is 1.19 bits per heavy atom. The molecule has 7 heteroatoms. The van der Waals surface area contributed by atoms with Crippen LogP contribution in [0.25, 0.3) is 10.9 Å². The Bertz CT molecular complexity index is 877. The Balaban J connectivity index is 2.11. The molecule has 0 amide bonds. The van der Waals surface area contributed by atoms with Crippen molar-refractivity contribution in [2.75, 3.05) is 11.2 Å². The lowest BCUT2D eigenvalue weighted by Gasteiger charge is -2.11. The van der Waals surface area contributed by atoms with Crippen LogP contribution < -0.4 is 16.7 Å². The van der Waals surface area contributed by atoms with Gasteiger partial charge in [0.15, 0.2) is 0 Å². The molecule has 0 atom stereocenters. The molecule has 5 nitrogen and oxygen atoms in total. The van der Waals surface area contributed by atoms with E-state index in [4.69, 9.17) is 17.4 Å². The van der Waals surface area contributed by atoms with Gasteiger partial charge in [-0.2, -0.15) is 4.68 Å². The number of nitrogen functional groups attached to an aromatic ring is 1. The highest BCUT2D eigenvalue weighted by atomic mass is 79.9. The Labute approximate surface area is 133 Å². The molecule has 0 spiro atoms. The van der Waals surface area contributed by atoms with Crippen LogP contribution in [0.3, 0.4) is 0 Å². The number of nitrogens with two attached hydrogens (primary N) is 1. The third kappa shape index (κ3) is 2.72. The maximum atomic E-state index is 12.3. The summed E-state index contributed by atoms with van der Waals surface area (Å²) in [4.78, 5) is 16.6. The van der Waals surface area contributed by atoms with Gasteiger partial charge in [0.05, 0.1) is 10.9 Å². The van der Waals surface area contributed by atoms with Crippen LogP contribution in [0.2, 0.25) is 5.02 Å². The topological polar surface area (TPSA) is 72.9 Å². The van der Waals surface area contributed by atoms with Crippen molar-refractivity contribution in [1.29, 1.82) is 0 Å². The Kier molecular flexibility index (Phi) is 3.57. The number of nitrogens with one attached hydrogen (secondary N) is 1. The van der Waals surface area contributed by atoms with Gasteiger partial charge in [-0.25, -0.2) is 4.98 Å². The molecule has 21 heavy (non-hydrogen) atoms. The van der Waals surface area contributed by atoms with Crippen LogP contribution in [0, 0.1) is 0 Å². The summed E-state index contributed by atoms with van der Waals surface area (Å²) in [6.45, 7) is 0. The van der Waals surface area contributed by atoms with Crippen molar-refractivity contribution in [2.24, 2.45) is 0 Å². The van der Waals surface area contributed by atoms with Crippen molar-refractivity contribution in [1.82, 2.24) is 9.66 Å². The molecule has 0 radical (unpaired) electrons. The van der Waals surface area contributed by atoms with E-state index >= 15 is 0 Å². The van der Waals surface area contributed by atoms with Gasteiger partial charge in [0.25, 0.3) is 5.56 Å². The number of hydrogen-bond acceptors (Lipinski definition) is 4. The molecule has 106 valence electrons. The summed E-state index contributed by atoms with van der Waals surface area (Å²) in [6.07, 6.45) is 0. The second kappa shape index (κ2) is 5.38. The molecule has 3 N–H and O–H groups in total. The lowest BCUT2D eigenvalue weighted by molar-refractivity contribution is 0.926. The first-order valence-corrected chi connectivity index (χ1v) is 7.22. The summed E-state index contributed by atoms with van der Waals surface area (Å²) >= 11 is 9.16. The Hall–Kier alpha value is -2.05. The van der Waals surface area contributed by atoms with Crippen LogP contribution in [-0.4, -0.2) is 9.66 Å². The molecule has 0 unspecified atom stereocenters. The fourth-order valence-electron chi connectivity index (χ4n) is 1.92. The van der Waals surface area contributed by atoms with Gasteiger partial charge in [0.1, 0.15) is 0 Å². The lowest BCUT2D eigenvalue weighted by Crippen LogP contribution is -2.30. The zero-order valence-electron chi connectivity index (χ0n) is 10.7. The minimum atomic E-state index is -0.322. The third-order valence-corrected chi connectivity index (χ3v) is 3.71. The van der Waals surface area contributed by atoms with Gasteiger partial charge >= 0.3 is 0 Å². The van der Waals surface area contributed by atoms with Crippen LogP contribution in [-0.2, 0) is 0 Å². The van der Waals surface area contributed by atoms with E-state index in [9.17, 15) is 4.79 Å². The van der Waals surface area contributed by atoms with Crippen molar-refractivity contribution < 1.29 is 0 Å². The maximum absolute atomic E-state index is 12.3. The number of aromatic nitrogens is 2. The van der Waals surface area contributed by atoms with Gasteiger partial charge in [0, 0.05) is 15.2 Å². The molecule has 2 aromatic carbocycles. The quantitative estimate of drug-likeness (QED) is 0.684. The van der Waals surface area contributed by atoms with Crippen molar-refractivity contribution in [3.8, 4) is 0 Å². The van der Waals surface area contributed by atoms with Gasteiger partial charge in [-0.15, -0.1) is 0 Å². The monoisotopic (exact) mass is 364 g/mol. The minimum absolute atomic E-state index is 0.261. The first-order chi connectivity index (χ1) is 10.0. The first-order valence-electron chi connectivity index (χ1n) is 6.04. The Morgan fingerprint density at radius 3 is 2.62 bits per heavy atom. The zero-order valence-corrected chi connectivity index (χ0v) is 13.0. The number of anilines is 2. The van der Waals surface area contributed by atoms with Gasteiger partial charge < -0.3 is 11.2 Å². The molecular weight excluding hydrogens is 356 g/mol. The van der Waals surface area contributed by atoms with E-state index in [-0.39, 0.29) is 11.5 Å². The molecule has 1 heterocycles. The van der Waals surface area contributed by atoms with E-state index in [1.165, 1.54) is 0 Å². The molecule has 0 aliphatic rings. The van der Waals surface area contributed by atoms with Crippen molar-refractivity contribution in [2.45, 2.75) is 0 Å². The number of hydrogen-bond donors (Lipinski definition) is 2. The van der Waals surface area contributed by atoms with Crippen LogP contribution >= 0.6 is 27.5 Å². The Morgan fingerprint density at radius 2 is 1.90 bits per heavy atom. The van der Waals surface area contributed by atoms with E-state index < -0.39 is 0 Å². The number of nitrogens with zero attached hydrogens (tertiary/aromatic N) is 2. The molecule has 1 aromatic heterocycles. The number of halogens is 2. The molecule has 3 rings (SSSR count). The average molecular weight is 366 g/mol. The molecule has 0 aliphatic carbocycles. The number of rotatable bonds is 2. The summed E-state index contributed by atoms with van der Waals surface area (Å²) in [5.41, 5.74) is 0.987. The second-order valence-electron chi connectivity index (χ2n) is 4.40. The SMILES string of the molecule is Nn1c(Nc2ccc(Cl)cc2)nc2ccc(Br)cc2c1=O. The largest absolute Gasteiger partial charge is 0.333 e.